The van der Waals surface area contributed by atoms with Crippen LogP contribution in [0, 0.1) is 5.82 Å². The van der Waals surface area contributed by atoms with Crippen LogP contribution in [0.15, 0.2) is 47.1 Å². The van der Waals surface area contributed by atoms with Gasteiger partial charge in [-0.2, -0.15) is 0 Å². The molecule has 9 heteroatoms. The predicted molar refractivity (Wildman–Crippen MR) is 107 cm³/mol. The van der Waals surface area contributed by atoms with E-state index in [1.54, 1.807) is 19.1 Å². The molecule has 0 aliphatic carbocycles. The molecule has 1 heterocycles. The molecule has 1 aliphatic heterocycles. The molecule has 0 unspecified atom stereocenters. The molecular weight excluding hydrogens is 417 g/mol. The van der Waals surface area contributed by atoms with E-state index in [4.69, 9.17) is 30.5 Å². The Hall–Kier alpha value is -3.39. The maximum absolute atomic E-state index is 13.9. The number of carbonyl (C=O) groups is 2. The van der Waals surface area contributed by atoms with Gasteiger partial charge in [0, 0.05) is 0 Å². The van der Waals surface area contributed by atoms with E-state index in [-0.39, 0.29) is 46.9 Å². The summed E-state index contributed by atoms with van der Waals surface area (Å²) in [4.78, 5) is 27.7. The van der Waals surface area contributed by atoms with Crippen molar-refractivity contribution >= 4 is 35.5 Å². The van der Waals surface area contributed by atoms with Gasteiger partial charge in [-0.05, 0) is 42.8 Å². The van der Waals surface area contributed by atoms with Crippen molar-refractivity contribution in [3.05, 3.63) is 64.1 Å². The minimum absolute atomic E-state index is 0.0356. The van der Waals surface area contributed by atoms with Crippen LogP contribution in [0.3, 0.4) is 0 Å². The monoisotopic (exact) mass is 433 g/mol. The van der Waals surface area contributed by atoms with E-state index in [0.717, 1.165) is 0 Å². The minimum atomic E-state index is -0.731. The first kappa shape index (κ1) is 21.3. The molecule has 3 rings (SSSR count). The van der Waals surface area contributed by atoms with Crippen LogP contribution in [-0.2, 0) is 19.1 Å². The number of rotatable bonds is 7. The van der Waals surface area contributed by atoms with Gasteiger partial charge in [-0.15, -0.1) is 0 Å². The average Bonchev–Trinajstić information content (AvgIpc) is 3.07. The number of methoxy groups -OCH3 is 1. The van der Waals surface area contributed by atoms with Gasteiger partial charge < -0.3 is 18.9 Å². The van der Waals surface area contributed by atoms with Crippen LogP contribution in [0.2, 0.25) is 5.02 Å². The van der Waals surface area contributed by atoms with E-state index < -0.39 is 17.8 Å². The molecule has 0 radical (unpaired) electrons. The van der Waals surface area contributed by atoms with Crippen LogP contribution < -0.4 is 9.47 Å². The number of hydrogen-bond donors (Lipinski definition) is 0. The maximum atomic E-state index is 13.9. The van der Waals surface area contributed by atoms with Gasteiger partial charge in [-0.3, -0.25) is 0 Å². The van der Waals surface area contributed by atoms with Gasteiger partial charge in [0.1, 0.15) is 5.82 Å². The summed E-state index contributed by atoms with van der Waals surface area (Å²) in [5, 5.41) is 0.148. The third kappa shape index (κ3) is 4.77. The molecule has 2 aromatic carbocycles. The smallest absolute Gasteiger partial charge is 0.363 e. The number of ether oxygens (including phenoxy) is 4. The van der Waals surface area contributed by atoms with Gasteiger partial charge >= 0.3 is 11.9 Å². The highest BCUT2D eigenvalue weighted by molar-refractivity contribution is 6.32. The first-order chi connectivity index (χ1) is 14.4. The van der Waals surface area contributed by atoms with Crippen molar-refractivity contribution in [2.24, 2.45) is 4.99 Å². The molecule has 1 aliphatic rings. The summed E-state index contributed by atoms with van der Waals surface area (Å²) in [5.74, 6) is -1.58. The summed E-state index contributed by atoms with van der Waals surface area (Å²) >= 11 is 6.25. The molecule has 156 valence electrons. The van der Waals surface area contributed by atoms with Crippen LogP contribution >= 0.6 is 11.6 Å². The topological polar surface area (TPSA) is 83.4 Å². The molecule has 7 nitrogen and oxygen atoms in total. The van der Waals surface area contributed by atoms with Crippen molar-refractivity contribution in [2.75, 3.05) is 20.3 Å². The fourth-order valence-electron chi connectivity index (χ4n) is 2.61. The summed E-state index contributed by atoms with van der Waals surface area (Å²) in [7, 11) is 1.40. The normalized spacial score (nSPS) is 14.3. The highest BCUT2D eigenvalue weighted by Crippen LogP contribution is 2.37. The predicted octanol–water partition coefficient (Wildman–Crippen LogP) is 3.77. The van der Waals surface area contributed by atoms with Crippen molar-refractivity contribution in [2.45, 2.75) is 6.92 Å². The van der Waals surface area contributed by atoms with Gasteiger partial charge in [-0.1, -0.05) is 23.7 Å². The largest absolute Gasteiger partial charge is 0.493 e. The third-order valence-electron chi connectivity index (χ3n) is 3.92. The van der Waals surface area contributed by atoms with Crippen LogP contribution in [-0.4, -0.2) is 38.2 Å². The van der Waals surface area contributed by atoms with Gasteiger partial charge in [0.2, 0.25) is 5.90 Å². The third-order valence-corrected chi connectivity index (χ3v) is 4.20. The highest BCUT2D eigenvalue weighted by Gasteiger charge is 2.26. The fraction of sp³-hybridized carbons (Fsp3) is 0.190. The molecule has 0 atom stereocenters. The quantitative estimate of drug-likeness (QED) is 0.488. The zero-order valence-corrected chi connectivity index (χ0v) is 16.9. The number of cyclic esters (lactones) is 1. The number of esters is 2. The number of hydrogen-bond acceptors (Lipinski definition) is 7. The molecule has 30 heavy (non-hydrogen) atoms. The molecule has 0 fully saturated rings. The first-order valence-corrected chi connectivity index (χ1v) is 9.24. The summed E-state index contributed by atoms with van der Waals surface area (Å²) in [6.07, 6.45) is 1.42. The molecule has 0 saturated heterocycles. The van der Waals surface area contributed by atoms with E-state index in [0.29, 0.717) is 5.56 Å². The SMILES string of the molecule is CCOC(=O)COc1c(Cl)cc(/C=C2\N=C(c3ccccc3F)OC2=O)cc1OC. The lowest BCUT2D eigenvalue weighted by molar-refractivity contribution is -0.145. The van der Waals surface area contributed by atoms with Gasteiger partial charge in [0.05, 0.1) is 24.3 Å². The molecule has 0 N–H and O–H groups in total. The first-order valence-electron chi connectivity index (χ1n) is 8.86. The van der Waals surface area contributed by atoms with E-state index in [1.807, 2.05) is 0 Å². The molecular formula is C21H17ClFNO6. The molecule has 0 saturated carbocycles. The van der Waals surface area contributed by atoms with E-state index in [2.05, 4.69) is 4.99 Å². The highest BCUT2D eigenvalue weighted by atomic mass is 35.5. The van der Waals surface area contributed by atoms with E-state index in [9.17, 15) is 14.0 Å². The Labute approximate surface area is 176 Å². The Bertz CT molecular complexity index is 1050. The second-order valence-corrected chi connectivity index (χ2v) is 6.35. The lowest BCUT2D eigenvalue weighted by Crippen LogP contribution is -2.15. The summed E-state index contributed by atoms with van der Waals surface area (Å²) in [5.41, 5.74) is 0.505. The number of carbonyl (C=O) groups excluding carboxylic acids is 2. The number of nitrogens with zero attached hydrogens (tertiary/aromatic N) is 1. The molecule has 2 aromatic rings. The summed E-state index contributed by atoms with van der Waals surface area (Å²) < 4.78 is 34.5. The van der Waals surface area contributed by atoms with Gasteiger partial charge in [0.15, 0.2) is 23.8 Å². The van der Waals surface area contributed by atoms with Gasteiger partial charge in [-0.25, -0.2) is 19.0 Å². The Morgan fingerprint density at radius 1 is 1.30 bits per heavy atom. The fourth-order valence-corrected chi connectivity index (χ4v) is 2.89. The Balaban J connectivity index is 1.88. The van der Waals surface area contributed by atoms with Crippen molar-refractivity contribution in [1.29, 1.82) is 0 Å². The van der Waals surface area contributed by atoms with Crippen LogP contribution in [0.5, 0.6) is 11.5 Å². The van der Waals surface area contributed by atoms with Crippen molar-refractivity contribution in [1.82, 2.24) is 0 Å². The van der Waals surface area contributed by atoms with Crippen molar-refractivity contribution < 1.29 is 32.9 Å². The van der Waals surface area contributed by atoms with Crippen molar-refractivity contribution in [3.63, 3.8) is 0 Å². The van der Waals surface area contributed by atoms with E-state index in [1.165, 1.54) is 37.5 Å². The second-order valence-electron chi connectivity index (χ2n) is 5.94. The van der Waals surface area contributed by atoms with E-state index >= 15 is 0 Å². The van der Waals surface area contributed by atoms with Crippen LogP contribution in [0.25, 0.3) is 6.08 Å². The average molecular weight is 434 g/mol. The second kappa shape index (κ2) is 9.41. The lowest BCUT2D eigenvalue weighted by Gasteiger charge is -2.12. The molecule has 0 aromatic heterocycles. The number of benzene rings is 2. The molecule has 0 spiro atoms. The Morgan fingerprint density at radius 2 is 2.07 bits per heavy atom. The van der Waals surface area contributed by atoms with Crippen molar-refractivity contribution in [3.8, 4) is 11.5 Å². The van der Waals surface area contributed by atoms with Crippen LogP contribution in [0.1, 0.15) is 18.1 Å². The summed E-state index contributed by atoms with van der Waals surface area (Å²) in [6.45, 7) is 1.57. The Morgan fingerprint density at radius 3 is 2.77 bits per heavy atom. The standard InChI is InChI=1S/C21H17ClFNO6/c1-3-28-18(25)11-29-19-14(22)8-12(10-17(19)27-2)9-16-21(26)30-20(24-16)13-6-4-5-7-15(13)23/h4-10H,3,11H2,1-2H3/b16-9-. The zero-order valence-electron chi connectivity index (χ0n) is 16.1. The number of halogens is 2. The number of aliphatic imine (C=N–C) groups is 1. The minimum Gasteiger partial charge on any atom is -0.493 e. The maximum Gasteiger partial charge on any atom is 0.363 e. The van der Waals surface area contributed by atoms with Gasteiger partial charge in [0.25, 0.3) is 0 Å². The Kier molecular flexibility index (Phi) is 6.68. The summed E-state index contributed by atoms with van der Waals surface area (Å²) in [6, 6.07) is 8.88. The molecule has 0 bridgehead atoms. The molecule has 0 amide bonds. The van der Waals surface area contributed by atoms with Crippen LogP contribution in [0.4, 0.5) is 4.39 Å². The zero-order chi connectivity index (χ0) is 21.7. The lowest BCUT2D eigenvalue weighted by atomic mass is 10.1.